The van der Waals surface area contributed by atoms with Gasteiger partial charge in [-0.15, -0.1) is 23.1 Å². The van der Waals surface area contributed by atoms with Crippen LogP contribution in [0.4, 0.5) is 5.13 Å². The molecule has 1 aromatic heterocycles. The van der Waals surface area contributed by atoms with Gasteiger partial charge in [-0.25, -0.2) is 9.78 Å². The lowest BCUT2D eigenvalue weighted by Gasteiger charge is -2.49. The van der Waals surface area contributed by atoms with Crippen LogP contribution in [0, 0.1) is 0 Å². The molecule has 2 aliphatic rings. The number of thiazole rings is 1. The second kappa shape index (κ2) is 25.2. The Balaban J connectivity index is 0.931. The summed E-state index contributed by atoms with van der Waals surface area (Å²) in [6.45, 7) is -0.108. The van der Waals surface area contributed by atoms with Crippen molar-refractivity contribution in [3.8, 4) is 5.75 Å². The van der Waals surface area contributed by atoms with Gasteiger partial charge in [0.15, 0.2) is 16.9 Å². The number of oxime groups is 1. The molecule has 13 nitrogen and oxygen atoms in total. The van der Waals surface area contributed by atoms with Crippen LogP contribution in [0.25, 0.3) is 0 Å². The fourth-order valence-corrected chi connectivity index (χ4v) is 13.1. The molecule has 0 radical (unpaired) electrons. The normalized spacial score (nSPS) is 15.0. The van der Waals surface area contributed by atoms with E-state index >= 15 is 14.4 Å². The molecule has 10 aromatic rings. The van der Waals surface area contributed by atoms with Crippen molar-refractivity contribution in [1.29, 1.82) is 0 Å². The molecule has 15 heteroatoms. The fourth-order valence-electron chi connectivity index (χ4n) is 11.0. The number of nitrogens with one attached hydrogen (secondary N) is 2. The van der Waals surface area contributed by atoms with Gasteiger partial charge in [0.2, 0.25) is 11.5 Å². The standard InChI is InChI=1S/C71H56N6O7S2/c72-64(78)50-41-43-58(44-42-50)82-45-51-46-85-67-61(66(80)77(67)62(51)68(81)83-63(48-25-9-1-10-26-48)49-27-11-2-12-28-49)74-65(79)60(76-84-71(55-35-19-6-20-36-55,56-37-21-7-22-38-56)57-39-23-8-24-40-57)59-47-86-69(73-59)75-70(52-29-13-3-14-30-52,53-31-15-4-16-32-53)54-33-17-5-18-34-54/h1-44,47,61,63,67H,45-46H2,(H2,72,78)(H,73,75)(H,74,79)/t61?,67-/m0/s1. The number of nitrogens with zero attached hydrogens (tertiary/aromatic N) is 3. The number of benzene rings is 9. The number of β-lactam (4-membered cyclic amide) rings is 1. The van der Waals surface area contributed by atoms with E-state index in [1.165, 1.54) is 28.0 Å². The van der Waals surface area contributed by atoms with Crippen LogP contribution in [0.15, 0.2) is 289 Å². The summed E-state index contributed by atoms with van der Waals surface area (Å²) in [4.78, 5) is 71.2. The maximum absolute atomic E-state index is 15.6. The third-order valence-corrected chi connectivity index (χ3v) is 17.3. The number of ether oxygens (including phenoxy) is 2. The number of carbonyl (C=O) groups is 4. The van der Waals surface area contributed by atoms with E-state index in [1.807, 2.05) is 206 Å². The SMILES string of the molecule is NC(=O)c1ccc(OCC2=C(C(=O)OC(c3ccccc3)c3ccccc3)N3C(=O)C(NC(=O)C(=NOC(c4ccccc4)(c4ccccc4)c4ccccc4)c4csc(NC(c5ccccc5)(c5ccccc5)c5ccccc5)n4)[C@@H]3SC2)cc1. The summed E-state index contributed by atoms with van der Waals surface area (Å²) in [5, 5.41) is 13.2. The second-order valence-corrected chi connectivity index (χ2v) is 22.4. The van der Waals surface area contributed by atoms with Crippen LogP contribution in [-0.4, -0.2) is 63.1 Å². The van der Waals surface area contributed by atoms with E-state index in [9.17, 15) is 4.79 Å². The first-order valence-electron chi connectivity index (χ1n) is 27.9. The lowest BCUT2D eigenvalue weighted by atomic mass is 9.77. The Hall–Kier alpha value is -10.4. The first kappa shape index (κ1) is 56.1. The molecular formula is C71H56N6O7S2. The van der Waals surface area contributed by atoms with Crippen molar-refractivity contribution in [1.82, 2.24) is 15.2 Å². The molecule has 4 N–H and O–H groups in total. The fraction of sp³-hybridized carbons (Fsp3) is 0.0986. The number of hydrogen-bond acceptors (Lipinski definition) is 12. The average molecular weight is 1170 g/mol. The Bertz CT molecular complexity index is 3820. The van der Waals surface area contributed by atoms with Gasteiger partial charge in [-0.1, -0.05) is 248 Å². The lowest BCUT2D eigenvalue weighted by Crippen LogP contribution is -2.71. The number of aromatic nitrogens is 1. The van der Waals surface area contributed by atoms with Crippen molar-refractivity contribution in [2.45, 2.75) is 28.7 Å². The minimum atomic E-state index is -1.41. The van der Waals surface area contributed by atoms with E-state index in [1.54, 1.807) is 29.6 Å². The summed E-state index contributed by atoms with van der Waals surface area (Å²) >= 11 is 2.65. The van der Waals surface area contributed by atoms with Gasteiger partial charge in [0.1, 0.15) is 40.7 Å². The number of thioether (sulfide) groups is 1. The van der Waals surface area contributed by atoms with E-state index < -0.39 is 52.4 Å². The Morgan fingerprint density at radius 1 is 0.605 bits per heavy atom. The van der Waals surface area contributed by atoms with E-state index in [0.29, 0.717) is 22.0 Å². The van der Waals surface area contributed by atoms with Crippen LogP contribution >= 0.6 is 23.1 Å². The molecule has 0 spiro atoms. The number of amides is 3. The first-order chi connectivity index (χ1) is 42.2. The quantitative estimate of drug-likeness (QED) is 0.0206. The molecule has 2 aliphatic heterocycles. The van der Waals surface area contributed by atoms with Gasteiger partial charge in [-0.05, 0) is 52.1 Å². The molecule has 1 fully saturated rings. The Kier molecular flexibility index (Phi) is 16.5. The molecule has 3 amide bonds. The minimum Gasteiger partial charge on any atom is -0.489 e. The molecular weight excluding hydrogens is 1110 g/mol. The predicted octanol–water partition coefficient (Wildman–Crippen LogP) is 12.4. The summed E-state index contributed by atoms with van der Waals surface area (Å²) in [5.41, 5.74) is 10.4. The van der Waals surface area contributed by atoms with E-state index in [-0.39, 0.29) is 29.5 Å². The van der Waals surface area contributed by atoms with Crippen LogP contribution in [0.1, 0.15) is 66.7 Å². The van der Waals surface area contributed by atoms with Gasteiger partial charge in [0.25, 0.3) is 11.8 Å². The Morgan fingerprint density at radius 2 is 1.05 bits per heavy atom. The van der Waals surface area contributed by atoms with Gasteiger partial charge >= 0.3 is 5.97 Å². The number of anilines is 1. The van der Waals surface area contributed by atoms with Gasteiger partial charge in [-0.3, -0.25) is 19.3 Å². The molecule has 0 aliphatic carbocycles. The topological polar surface area (TPSA) is 175 Å². The molecule has 9 aromatic carbocycles. The van der Waals surface area contributed by atoms with E-state index in [2.05, 4.69) is 47.0 Å². The molecule has 3 heterocycles. The van der Waals surface area contributed by atoms with Crippen molar-refractivity contribution in [2.24, 2.45) is 10.9 Å². The summed E-state index contributed by atoms with van der Waals surface area (Å²) in [5.74, 6) is -2.04. The molecule has 86 heavy (non-hydrogen) atoms. The Morgan fingerprint density at radius 3 is 1.50 bits per heavy atom. The highest BCUT2D eigenvalue weighted by Crippen LogP contribution is 2.45. The van der Waals surface area contributed by atoms with Crippen molar-refractivity contribution in [3.63, 3.8) is 0 Å². The third-order valence-electron chi connectivity index (χ3n) is 15.2. The smallest absolute Gasteiger partial charge is 0.356 e. The maximum atomic E-state index is 15.6. The van der Waals surface area contributed by atoms with Crippen LogP contribution < -0.4 is 21.1 Å². The number of primary amides is 1. The van der Waals surface area contributed by atoms with Gasteiger partial charge in [0.05, 0.1) is 0 Å². The summed E-state index contributed by atoms with van der Waals surface area (Å²) in [6.07, 6.45) is -0.843. The van der Waals surface area contributed by atoms with Gasteiger partial charge in [0, 0.05) is 39.0 Å². The highest BCUT2D eigenvalue weighted by molar-refractivity contribution is 8.00. The van der Waals surface area contributed by atoms with Gasteiger partial charge in [-0.2, -0.15) is 0 Å². The Labute approximate surface area is 505 Å². The number of fused-ring (bicyclic) bond motifs is 1. The molecule has 2 atom stereocenters. The number of hydrogen-bond donors (Lipinski definition) is 3. The highest BCUT2D eigenvalue weighted by atomic mass is 32.2. The first-order valence-corrected chi connectivity index (χ1v) is 29.8. The summed E-state index contributed by atoms with van der Waals surface area (Å²) < 4.78 is 12.7. The zero-order valence-electron chi connectivity index (χ0n) is 46.2. The molecule has 1 unspecified atom stereocenters. The predicted molar refractivity (Wildman–Crippen MR) is 335 cm³/mol. The molecule has 424 valence electrons. The van der Waals surface area contributed by atoms with Crippen molar-refractivity contribution in [2.75, 3.05) is 17.7 Å². The monoisotopic (exact) mass is 1170 g/mol. The van der Waals surface area contributed by atoms with Crippen LogP contribution in [0.3, 0.4) is 0 Å². The van der Waals surface area contributed by atoms with Crippen LogP contribution in [-0.2, 0) is 35.1 Å². The summed E-state index contributed by atoms with van der Waals surface area (Å²) in [6, 6.07) is 83.3. The number of esters is 1. The number of nitrogens with two attached hydrogens (primary N) is 1. The molecule has 1 saturated heterocycles. The highest BCUT2D eigenvalue weighted by Gasteiger charge is 2.55. The maximum Gasteiger partial charge on any atom is 0.356 e. The van der Waals surface area contributed by atoms with Crippen LogP contribution in [0.5, 0.6) is 5.75 Å². The minimum absolute atomic E-state index is 0.000549. The zero-order chi connectivity index (χ0) is 58.9. The molecule has 0 saturated carbocycles. The van der Waals surface area contributed by atoms with E-state index in [4.69, 9.17) is 30.2 Å². The van der Waals surface area contributed by atoms with E-state index in [0.717, 1.165) is 44.5 Å². The molecule has 12 rings (SSSR count). The third kappa shape index (κ3) is 11.3. The second-order valence-electron chi connectivity index (χ2n) is 20.4. The molecule has 0 bridgehead atoms. The largest absolute Gasteiger partial charge is 0.489 e. The van der Waals surface area contributed by atoms with Crippen molar-refractivity contribution in [3.05, 3.63) is 339 Å². The zero-order valence-corrected chi connectivity index (χ0v) is 47.9. The van der Waals surface area contributed by atoms with Gasteiger partial charge < -0.3 is 30.7 Å². The van der Waals surface area contributed by atoms with Crippen molar-refractivity contribution < 1.29 is 33.5 Å². The number of rotatable bonds is 21. The average Bonchev–Trinajstić information content (AvgIpc) is 1.21. The van der Waals surface area contributed by atoms with Crippen LogP contribution in [0.2, 0.25) is 0 Å². The summed E-state index contributed by atoms with van der Waals surface area (Å²) in [7, 11) is 0. The lowest BCUT2D eigenvalue weighted by molar-refractivity contribution is -0.154. The van der Waals surface area contributed by atoms with Crippen molar-refractivity contribution >= 4 is 57.6 Å². The number of carbonyl (C=O) groups excluding carboxylic acids is 4.